The molecule has 0 unspecified atom stereocenters. The van der Waals surface area contributed by atoms with E-state index in [9.17, 15) is 4.79 Å². The average Bonchev–Trinajstić information content (AvgIpc) is 1.98. The second-order valence-electron chi connectivity index (χ2n) is 1.59. The Kier molecular flexibility index (Phi) is 5.57. The summed E-state index contributed by atoms with van der Waals surface area (Å²) in [6.07, 6.45) is 0. The lowest BCUT2D eigenvalue weighted by atomic mass is 10.4. The number of thiocarbonyl (C=S) groups is 1. The van der Waals surface area contributed by atoms with Crippen LogP contribution in [0.25, 0.3) is 0 Å². The molecule has 0 rings (SSSR count). The Morgan fingerprint density at radius 3 is 2.90 bits per heavy atom. The van der Waals surface area contributed by atoms with Crippen molar-refractivity contribution in [1.82, 2.24) is 0 Å². The minimum atomic E-state index is -0.640. The first-order valence-electron chi connectivity index (χ1n) is 2.69. The number of hydrogen-bond donors (Lipinski definition) is 2. The Morgan fingerprint density at radius 1 is 1.90 bits per heavy atom. The van der Waals surface area contributed by atoms with E-state index in [0.29, 0.717) is 0 Å². The van der Waals surface area contributed by atoms with E-state index in [-0.39, 0.29) is 12.4 Å². The molecule has 0 aromatic carbocycles. The van der Waals surface area contributed by atoms with Gasteiger partial charge in [0.25, 0.3) is 0 Å². The van der Waals surface area contributed by atoms with Crippen LogP contribution in [0.3, 0.4) is 0 Å². The average molecular weight is 179 g/mol. The quantitative estimate of drug-likeness (QED) is 0.356. The molecule has 0 fully saturated rings. The van der Waals surface area contributed by atoms with Crippen LogP contribution in [0.4, 0.5) is 0 Å². The van der Waals surface area contributed by atoms with Crippen molar-refractivity contribution in [1.29, 1.82) is 0 Å². The third-order valence-electron chi connectivity index (χ3n) is 0.793. The number of hydrogen-bond acceptors (Lipinski definition) is 5. The van der Waals surface area contributed by atoms with Gasteiger partial charge in [0.1, 0.15) is 12.6 Å². The SMILES string of the molecule is N[C@@H](CS)C(=O)OCC=S. The highest BCUT2D eigenvalue weighted by Gasteiger charge is 2.11. The van der Waals surface area contributed by atoms with Crippen LogP contribution in [-0.4, -0.2) is 29.7 Å². The van der Waals surface area contributed by atoms with Gasteiger partial charge in [-0.25, -0.2) is 0 Å². The fourth-order valence-corrected chi connectivity index (χ4v) is 0.515. The van der Waals surface area contributed by atoms with Gasteiger partial charge in [-0.3, -0.25) is 4.79 Å². The van der Waals surface area contributed by atoms with E-state index in [1.807, 2.05) is 0 Å². The van der Waals surface area contributed by atoms with Crippen molar-refractivity contribution in [3.63, 3.8) is 0 Å². The molecule has 0 saturated carbocycles. The molecule has 10 heavy (non-hydrogen) atoms. The molecule has 0 heterocycles. The van der Waals surface area contributed by atoms with E-state index < -0.39 is 12.0 Å². The summed E-state index contributed by atoms with van der Waals surface area (Å²) in [5, 5.41) is 1.32. The van der Waals surface area contributed by atoms with Gasteiger partial charge >= 0.3 is 5.97 Å². The van der Waals surface area contributed by atoms with Gasteiger partial charge in [0.15, 0.2) is 0 Å². The van der Waals surface area contributed by atoms with Crippen LogP contribution in [0.5, 0.6) is 0 Å². The molecule has 0 saturated heterocycles. The summed E-state index contributed by atoms with van der Waals surface area (Å²) in [4.78, 5) is 10.7. The number of ether oxygens (including phenoxy) is 1. The van der Waals surface area contributed by atoms with Crippen molar-refractivity contribution in [2.75, 3.05) is 12.4 Å². The normalized spacial score (nSPS) is 12.2. The van der Waals surface area contributed by atoms with E-state index in [0.717, 1.165) is 0 Å². The number of rotatable bonds is 4. The third kappa shape index (κ3) is 3.81. The van der Waals surface area contributed by atoms with Crippen LogP contribution in [-0.2, 0) is 9.53 Å². The van der Waals surface area contributed by atoms with Gasteiger partial charge in [0, 0.05) is 11.1 Å². The Balaban J connectivity index is 3.51. The Hall–Kier alpha value is -0.130. The summed E-state index contributed by atoms with van der Waals surface area (Å²) in [6, 6.07) is -0.640. The molecule has 0 aliphatic heterocycles. The van der Waals surface area contributed by atoms with Crippen molar-refractivity contribution < 1.29 is 9.53 Å². The van der Waals surface area contributed by atoms with Crippen LogP contribution in [0.2, 0.25) is 0 Å². The predicted molar refractivity (Wildman–Crippen MR) is 46.4 cm³/mol. The minimum Gasteiger partial charge on any atom is -0.459 e. The van der Waals surface area contributed by atoms with Crippen molar-refractivity contribution in [2.45, 2.75) is 6.04 Å². The van der Waals surface area contributed by atoms with Crippen molar-refractivity contribution in [3.05, 3.63) is 0 Å². The highest BCUT2D eigenvalue weighted by atomic mass is 32.1. The van der Waals surface area contributed by atoms with E-state index in [2.05, 4.69) is 29.6 Å². The lowest BCUT2D eigenvalue weighted by Gasteiger charge is -2.05. The zero-order chi connectivity index (χ0) is 7.98. The maximum atomic E-state index is 10.7. The van der Waals surface area contributed by atoms with Crippen molar-refractivity contribution in [3.8, 4) is 0 Å². The number of esters is 1. The van der Waals surface area contributed by atoms with E-state index in [1.54, 1.807) is 0 Å². The predicted octanol–water partition coefficient (Wildman–Crippen LogP) is -0.214. The van der Waals surface area contributed by atoms with E-state index >= 15 is 0 Å². The molecular weight excluding hydrogens is 170 g/mol. The number of carbonyl (C=O) groups is 1. The van der Waals surface area contributed by atoms with Crippen molar-refractivity contribution >= 4 is 36.2 Å². The Labute approximate surface area is 70.3 Å². The maximum absolute atomic E-state index is 10.7. The molecule has 0 aromatic rings. The third-order valence-corrected chi connectivity index (χ3v) is 1.32. The first kappa shape index (κ1) is 9.87. The fourth-order valence-electron chi connectivity index (χ4n) is 0.298. The van der Waals surface area contributed by atoms with Crippen LogP contribution >= 0.6 is 24.8 Å². The molecule has 2 N–H and O–H groups in total. The Morgan fingerprint density at radius 2 is 2.50 bits per heavy atom. The van der Waals surface area contributed by atoms with Crippen LogP contribution in [0.15, 0.2) is 0 Å². The monoisotopic (exact) mass is 179 g/mol. The zero-order valence-corrected chi connectivity index (χ0v) is 7.03. The summed E-state index contributed by atoms with van der Waals surface area (Å²) in [7, 11) is 0. The van der Waals surface area contributed by atoms with Crippen LogP contribution in [0, 0.1) is 0 Å². The summed E-state index contributed by atoms with van der Waals surface area (Å²) in [6.45, 7) is 0.135. The number of nitrogens with two attached hydrogens (primary N) is 1. The molecular formula is C5H9NO2S2. The zero-order valence-electron chi connectivity index (χ0n) is 5.32. The lowest BCUT2D eigenvalue weighted by Crippen LogP contribution is -2.34. The van der Waals surface area contributed by atoms with Crippen molar-refractivity contribution in [2.24, 2.45) is 5.73 Å². The molecule has 0 bridgehead atoms. The van der Waals surface area contributed by atoms with Crippen LogP contribution in [0.1, 0.15) is 0 Å². The number of carbonyl (C=O) groups excluding carboxylic acids is 1. The number of thiol groups is 1. The second kappa shape index (κ2) is 5.64. The molecule has 0 aromatic heterocycles. The molecule has 0 aliphatic carbocycles. The summed E-state index contributed by atoms with van der Waals surface area (Å²) in [5.41, 5.74) is 5.26. The first-order chi connectivity index (χ1) is 4.72. The molecule has 1 atom stereocenters. The molecule has 0 amide bonds. The summed E-state index contributed by atoms with van der Waals surface area (Å²) in [5.74, 6) is -0.174. The highest BCUT2D eigenvalue weighted by Crippen LogP contribution is 1.87. The summed E-state index contributed by atoms with van der Waals surface area (Å²) >= 11 is 8.25. The van der Waals surface area contributed by atoms with Gasteiger partial charge < -0.3 is 10.5 Å². The maximum Gasteiger partial charge on any atom is 0.324 e. The van der Waals surface area contributed by atoms with Gasteiger partial charge in [-0.1, -0.05) is 12.2 Å². The van der Waals surface area contributed by atoms with Gasteiger partial charge in [0.2, 0.25) is 0 Å². The highest BCUT2D eigenvalue weighted by molar-refractivity contribution is 7.80. The van der Waals surface area contributed by atoms with E-state index in [4.69, 9.17) is 5.73 Å². The molecule has 0 aliphatic rings. The van der Waals surface area contributed by atoms with Gasteiger partial charge in [-0.15, -0.1) is 0 Å². The largest absolute Gasteiger partial charge is 0.459 e. The molecule has 5 heteroatoms. The molecule has 3 nitrogen and oxygen atoms in total. The smallest absolute Gasteiger partial charge is 0.324 e. The standard InChI is InChI=1S/C5H9NO2S2/c6-4(3-10)5(7)8-1-2-9/h2,4,10H,1,3,6H2/t4-/m0/s1. The second-order valence-corrected chi connectivity index (χ2v) is 2.28. The topological polar surface area (TPSA) is 52.3 Å². The minimum absolute atomic E-state index is 0.135. The molecule has 58 valence electrons. The van der Waals surface area contributed by atoms with Crippen LogP contribution < -0.4 is 5.73 Å². The fraction of sp³-hybridized carbons (Fsp3) is 0.600. The van der Waals surface area contributed by atoms with Gasteiger partial charge in [0.05, 0.1) is 0 Å². The molecule has 0 spiro atoms. The lowest BCUT2D eigenvalue weighted by molar-refractivity contribution is -0.142. The Bertz CT molecular complexity index is 129. The molecule has 0 radical (unpaired) electrons. The summed E-state index contributed by atoms with van der Waals surface area (Å²) < 4.78 is 4.57. The van der Waals surface area contributed by atoms with E-state index in [1.165, 1.54) is 5.37 Å². The first-order valence-corrected chi connectivity index (χ1v) is 3.79. The van der Waals surface area contributed by atoms with Gasteiger partial charge in [-0.05, 0) is 0 Å². The van der Waals surface area contributed by atoms with Gasteiger partial charge in [-0.2, -0.15) is 12.6 Å².